The van der Waals surface area contributed by atoms with Crippen LogP contribution in [0.15, 0.2) is 17.5 Å². The summed E-state index contributed by atoms with van der Waals surface area (Å²) in [5.74, 6) is 0.906. The van der Waals surface area contributed by atoms with E-state index in [9.17, 15) is 0 Å². The van der Waals surface area contributed by atoms with Gasteiger partial charge in [-0.2, -0.15) is 0 Å². The number of rotatable bonds is 5. The highest BCUT2D eigenvalue weighted by atomic mass is 32.1. The van der Waals surface area contributed by atoms with Gasteiger partial charge in [0.25, 0.3) is 0 Å². The zero-order valence-corrected chi connectivity index (χ0v) is 10.3. The minimum Gasteiger partial charge on any atom is -0.329 e. The van der Waals surface area contributed by atoms with Crippen molar-refractivity contribution >= 4 is 11.3 Å². The van der Waals surface area contributed by atoms with Gasteiger partial charge in [-0.25, -0.2) is 0 Å². The second kappa shape index (κ2) is 4.64. The highest BCUT2D eigenvalue weighted by Gasteiger charge is 2.33. The molecule has 1 heterocycles. The zero-order valence-electron chi connectivity index (χ0n) is 9.52. The van der Waals surface area contributed by atoms with E-state index in [0.717, 1.165) is 5.92 Å². The summed E-state index contributed by atoms with van der Waals surface area (Å²) in [4.78, 5) is 3.84. The summed E-state index contributed by atoms with van der Waals surface area (Å²) in [7, 11) is 2.21. The first-order chi connectivity index (χ1) is 7.24. The Morgan fingerprint density at radius 2 is 2.33 bits per heavy atom. The number of thiophene rings is 1. The van der Waals surface area contributed by atoms with E-state index in [0.29, 0.717) is 18.6 Å². The number of nitrogens with zero attached hydrogens (tertiary/aromatic N) is 1. The maximum absolute atomic E-state index is 5.89. The van der Waals surface area contributed by atoms with Crippen LogP contribution < -0.4 is 5.73 Å². The van der Waals surface area contributed by atoms with Crippen LogP contribution in [-0.4, -0.2) is 24.5 Å². The fourth-order valence-corrected chi connectivity index (χ4v) is 3.05. The molecule has 2 rings (SSSR count). The average molecular weight is 224 g/mol. The molecule has 84 valence electrons. The van der Waals surface area contributed by atoms with Crippen molar-refractivity contribution < 1.29 is 0 Å². The molecule has 2 nitrogen and oxygen atoms in total. The van der Waals surface area contributed by atoms with Crippen LogP contribution in [-0.2, 0) is 0 Å². The molecule has 2 atom stereocenters. The fraction of sp³-hybridized carbons (Fsp3) is 0.667. The van der Waals surface area contributed by atoms with Crippen LogP contribution in [0.1, 0.15) is 30.7 Å². The quantitative estimate of drug-likeness (QED) is 0.832. The van der Waals surface area contributed by atoms with Crippen molar-refractivity contribution in [2.45, 2.75) is 31.8 Å². The Hall–Kier alpha value is -0.380. The summed E-state index contributed by atoms with van der Waals surface area (Å²) in [5.41, 5.74) is 5.89. The predicted molar refractivity (Wildman–Crippen MR) is 66.1 cm³/mol. The minimum atomic E-state index is 0.403. The number of likely N-dealkylation sites (N-methyl/N-ethyl adjacent to an activating group) is 1. The summed E-state index contributed by atoms with van der Waals surface area (Å²) < 4.78 is 0. The van der Waals surface area contributed by atoms with Gasteiger partial charge in [0.15, 0.2) is 0 Å². The normalized spacial score (nSPS) is 20.5. The van der Waals surface area contributed by atoms with E-state index in [1.165, 1.54) is 17.7 Å². The van der Waals surface area contributed by atoms with E-state index in [1.807, 2.05) is 11.3 Å². The predicted octanol–water partition coefficient (Wildman–Crippen LogP) is 2.48. The molecule has 1 aromatic rings. The zero-order chi connectivity index (χ0) is 10.8. The minimum absolute atomic E-state index is 0.403. The molecule has 15 heavy (non-hydrogen) atoms. The van der Waals surface area contributed by atoms with E-state index in [2.05, 4.69) is 36.4 Å². The Bertz CT molecular complexity index is 293. The van der Waals surface area contributed by atoms with E-state index in [-0.39, 0.29) is 0 Å². The summed E-state index contributed by atoms with van der Waals surface area (Å²) >= 11 is 1.81. The second-order valence-corrected chi connectivity index (χ2v) is 5.49. The van der Waals surface area contributed by atoms with E-state index in [1.54, 1.807) is 0 Å². The standard InChI is InChI=1S/C12H20N2S/c1-9(10-5-6-10)14(2)11(8-13)12-4-3-7-15-12/h3-4,7,9-11H,5-6,8,13H2,1-2H3. The summed E-state index contributed by atoms with van der Waals surface area (Å²) in [6, 6.07) is 5.37. The molecular weight excluding hydrogens is 204 g/mol. The van der Waals surface area contributed by atoms with Gasteiger partial charge < -0.3 is 5.73 Å². The Balaban J connectivity index is 2.05. The van der Waals surface area contributed by atoms with Gasteiger partial charge in [0, 0.05) is 17.5 Å². The first-order valence-corrected chi connectivity index (χ1v) is 6.57. The first-order valence-electron chi connectivity index (χ1n) is 5.69. The molecule has 1 aromatic heterocycles. The third-order valence-corrected chi connectivity index (χ3v) is 4.51. The first kappa shape index (κ1) is 11.1. The van der Waals surface area contributed by atoms with Gasteiger partial charge in [0.05, 0.1) is 6.04 Å². The van der Waals surface area contributed by atoms with E-state index in [4.69, 9.17) is 5.73 Å². The van der Waals surface area contributed by atoms with Crippen molar-refractivity contribution in [2.24, 2.45) is 11.7 Å². The molecule has 1 aliphatic carbocycles. The largest absolute Gasteiger partial charge is 0.329 e. The maximum atomic E-state index is 5.89. The highest BCUT2D eigenvalue weighted by molar-refractivity contribution is 7.10. The third-order valence-electron chi connectivity index (χ3n) is 3.53. The van der Waals surface area contributed by atoms with Crippen LogP contribution in [0, 0.1) is 5.92 Å². The van der Waals surface area contributed by atoms with Crippen LogP contribution in [0.4, 0.5) is 0 Å². The molecule has 0 aromatic carbocycles. The molecule has 0 radical (unpaired) electrons. The monoisotopic (exact) mass is 224 g/mol. The summed E-state index contributed by atoms with van der Waals surface area (Å²) in [6.07, 6.45) is 2.79. The average Bonchev–Trinajstić information content (AvgIpc) is 2.96. The molecule has 1 saturated carbocycles. The van der Waals surface area contributed by atoms with Crippen molar-refractivity contribution in [3.05, 3.63) is 22.4 Å². The number of nitrogens with two attached hydrogens (primary N) is 1. The van der Waals surface area contributed by atoms with Crippen molar-refractivity contribution in [1.82, 2.24) is 4.90 Å². The van der Waals surface area contributed by atoms with E-state index >= 15 is 0 Å². The van der Waals surface area contributed by atoms with Gasteiger partial charge >= 0.3 is 0 Å². The molecule has 1 aliphatic rings. The fourth-order valence-electron chi connectivity index (χ4n) is 2.16. The van der Waals surface area contributed by atoms with Gasteiger partial charge in [-0.3, -0.25) is 4.90 Å². The third kappa shape index (κ3) is 2.41. The summed E-state index contributed by atoms with van der Waals surface area (Å²) in [5, 5.41) is 2.13. The van der Waals surface area contributed by atoms with Crippen LogP contribution in [0.3, 0.4) is 0 Å². The van der Waals surface area contributed by atoms with Crippen molar-refractivity contribution in [1.29, 1.82) is 0 Å². The summed E-state index contributed by atoms with van der Waals surface area (Å²) in [6.45, 7) is 3.04. The molecule has 0 amide bonds. The number of hydrogen-bond donors (Lipinski definition) is 1. The van der Waals surface area contributed by atoms with Crippen LogP contribution >= 0.6 is 11.3 Å². The Kier molecular flexibility index (Phi) is 3.44. The van der Waals surface area contributed by atoms with Crippen LogP contribution in [0.25, 0.3) is 0 Å². The molecule has 0 spiro atoms. The van der Waals surface area contributed by atoms with E-state index < -0.39 is 0 Å². The molecule has 0 bridgehead atoms. The molecular formula is C12H20N2S. The number of hydrogen-bond acceptors (Lipinski definition) is 3. The Labute approximate surface area is 96.1 Å². The van der Waals surface area contributed by atoms with Gasteiger partial charge in [-0.05, 0) is 44.2 Å². The van der Waals surface area contributed by atoms with Gasteiger partial charge in [0.2, 0.25) is 0 Å². The lowest BCUT2D eigenvalue weighted by Crippen LogP contribution is -2.37. The SMILES string of the molecule is CC(C1CC1)N(C)C(CN)c1cccs1. The van der Waals surface area contributed by atoms with Gasteiger partial charge in [-0.15, -0.1) is 11.3 Å². The second-order valence-electron chi connectivity index (χ2n) is 4.51. The van der Waals surface area contributed by atoms with Crippen LogP contribution in [0.2, 0.25) is 0 Å². The molecule has 2 N–H and O–H groups in total. The maximum Gasteiger partial charge on any atom is 0.0564 e. The van der Waals surface area contributed by atoms with Crippen molar-refractivity contribution in [3.8, 4) is 0 Å². The lowest BCUT2D eigenvalue weighted by atomic mass is 10.1. The van der Waals surface area contributed by atoms with Gasteiger partial charge in [-0.1, -0.05) is 6.07 Å². The van der Waals surface area contributed by atoms with Crippen molar-refractivity contribution in [3.63, 3.8) is 0 Å². The Morgan fingerprint density at radius 1 is 1.60 bits per heavy atom. The Morgan fingerprint density at radius 3 is 2.80 bits per heavy atom. The van der Waals surface area contributed by atoms with Crippen LogP contribution in [0.5, 0.6) is 0 Å². The molecule has 2 unspecified atom stereocenters. The topological polar surface area (TPSA) is 29.3 Å². The molecule has 0 aliphatic heterocycles. The molecule has 3 heteroatoms. The van der Waals surface area contributed by atoms with Crippen molar-refractivity contribution in [2.75, 3.05) is 13.6 Å². The lowest BCUT2D eigenvalue weighted by Gasteiger charge is -2.32. The lowest BCUT2D eigenvalue weighted by molar-refractivity contribution is 0.173. The van der Waals surface area contributed by atoms with Gasteiger partial charge in [0.1, 0.15) is 0 Å². The smallest absolute Gasteiger partial charge is 0.0564 e. The highest BCUT2D eigenvalue weighted by Crippen LogP contribution is 2.37. The molecule has 0 saturated heterocycles. The molecule has 1 fully saturated rings.